The van der Waals surface area contributed by atoms with Gasteiger partial charge in [-0.15, -0.1) is 0 Å². The van der Waals surface area contributed by atoms with Crippen molar-refractivity contribution < 1.29 is 31.6 Å². The molecular formula is C34H29F4N5O3. The van der Waals surface area contributed by atoms with Gasteiger partial charge < -0.3 is 25.7 Å². The third-order valence-corrected chi connectivity index (χ3v) is 7.86. The van der Waals surface area contributed by atoms with E-state index in [2.05, 4.69) is 15.6 Å². The maximum atomic E-state index is 15.0. The minimum atomic E-state index is -2.76. The second kappa shape index (κ2) is 12.5. The van der Waals surface area contributed by atoms with Crippen LogP contribution in [-0.4, -0.2) is 40.8 Å². The van der Waals surface area contributed by atoms with E-state index >= 15 is 4.39 Å². The fraction of sp³-hybridized carbons (Fsp3) is 0.206. The molecule has 12 heteroatoms. The van der Waals surface area contributed by atoms with Crippen molar-refractivity contribution in [3.05, 3.63) is 108 Å². The van der Waals surface area contributed by atoms with Gasteiger partial charge >= 0.3 is 6.03 Å². The van der Waals surface area contributed by atoms with Crippen LogP contribution in [0.5, 0.6) is 0 Å². The molecule has 0 radical (unpaired) electrons. The minimum Gasteiger partial charge on any atom is -0.459 e. The third kappa shape index (κ3) is 6.80. The van der Waals surface area contributed by atoms with Crippen molar-refractivity contribution in [2.75, 3.05) is 18.8 Å². The summed E-state index contributed by atoms with van der Waals surface area (Å²) in [7, 11) is 0. The van der Waals surface area contributed by atoms with Gasteiger partial charge in [0.25, 0.3) is 11.8 Å². The lowest BCUT2D eigenvalue weighted by Gasteiger charge is -2.31. The van der Waals surface area contributed by atoms with Crippen LogP contribution in [0.2, 0.25) is 0 Å². The number of furan rings is 1. The molecule has 1 aliphatic rings. The number of pyridine rings is 1. The summed E-state index contributed by atoms with van der Waals surface area (Å²) in [5.41, 5.74) is 8.90. The molecule has 3 aromatic carbocycles. The first-order valence-corrected chi connectivity index (χ1v) is 14.6. The number of hydrogen-bond acceptors (Lipinski definition) is 5. The van der Waals surface area contributed by atoms with E-state index in [1.54, 1.807) is 54.7 Å². The molecule has 8 nitrogen and oxygen atoms in total. The van der Waals surface area contributed by atoms with E-state index in [-0.39, 0.29) is 50.5 Å². The fourth-order valence-corrected chi connectivity index (χ4v) is 5.35. The maximum Gasteiger partial charge on any atom is 0.315 e. The number of nitrogen functional groups attached to an aromatic ring is 1. The summed E-state index contributed by atoms with van der Waals surface area (Å²) in [4.78, 5) is 30.8. The highest BCUT2D eigenvalue weighted by Crippen LogP contribution is 2.37. The van der Waals surface area contributed by atoms with Gasteiger partial charge in [0.1, 0.15) is 28.8 Å². The predicted molar refractivity (Wildman–Crippen MR) is 165 cm³/mol. The zero-order chi connectivity index (χ0) is 32.4. The first kappa shape index (κ1) is 30.6. The molecule has 1 saturated heterocycles. The van der Waals surface area contributed by atoms with Crippen LogP contribution in [0.25, 0.3) is 33.2 Å². The normalized spacial score (nSPS) is 14.3. The van der Waals surface area contributed by atoms with Gasteiger partial charge in [0.2, 0.25) is 0 Å². The van der Waals surface area contributed by atoms with E-state index in [4.69, 9.17) is 10.2 Å². The number of hydrogen-bond donors (Lipinski definition) is 3. The number of carbonyl (C=O) groups excluding carboxylic acids is 2. The summed E-state index contributed by atoms with van der Waals surface area (Å²) in [5, 5.41) is 6.05. The molecule has 0 atom stereocenters. The Morgan fingerprint density at radius 3 is 2.30 bits per heavy atom. The van der Waals surface area contributed by atoms with Crippen LogP contribution in [-0.2, 0) is 13.1 Å². The highest BCUT2D eigenvalue weighted by atomic mass is 19.3. The second-order valence-corrected chi connectivity index (χ2v) is 11.1. The highest BCUT2D eigenvalue weighted by Gasteiger charge is 2.35. The Morgan fingerprint density at radius 1 is 0.870 bits per heavy atom. The van der Waals surface area contributed by atoms with Crippen LogP contribution < -0.4 is 16.4 Å². The van der Waals surface area contributed by atoms with Crippen molar-refractivity contribution in [1.29, 1.82) is 0 Å². The lowest BCUT2D eigenvalue weighted by molar-refractivity contribution is -0.0494. The standard InChI is InChI=1S/C34H29F4N5O3/c35-25-6-7-27(29(36)16-25)28-15-23(21-2-4-22(5-3-21)32(44)43-11-9-34(37,38)10-12-43)13-24-14-26(46-31(24)28)19-42-33(45)41-18-20-1-8-30(39)40-17-20/h1-8,13-17H,9-12,18-19H2,(H2,39,40)(H2,41,42,45). The molecule has 5 aromatic rings. The Hall–Kier alpha value is -5.39. The second-order valence-electron chi connectivity index (χ2n) is 11.1. The third-order valence-electron chi connectivity index (χ3n) is 7.86. The molecule has 6 rings (SSSR count). The van der Waals surface area contributed by atoms with Gasteiger partial charge in [-0.3, -0.25) is 4.79 Å². The Kier molecular flexibility index (Phi) is 8.35. The lowest BCUT2D eigenvalue weighted by Crippen LogP contribution is -2.42. The van der Waals surface area contributed by atoms with Gasteiger partial charge in [-0.25, -0.2) is 27.3 Å². The van der Waals surface area contributed by atoms with Crippen LogP contribution >= 0.6 is 0 Å². The Bertz CT molecular complexity index is 1900. The number of carbonyl (C=O) groups is 2. The number of benzene rings is 3. The zero-order valence-corrected chi connectivity index (χ0v) is 24.5. The molecule has 4 N–H and O–H groups in total. The first-order valence-electron chi connectivity index (χ1n) is 14.6. The van der Waals surface area contributed by atoms with Crippen molar-refractivity contribution in [2.24, 2.45) is 0 Å². The molecule has 1 fully saturated rings. The topological polar surface area (TPSA) is 113 Å². The summed E-state index contributed by atoms with van der Waals surface area (Å²) in [6, 6.07) is 18.1. The van der Waals surface area contributed by atoms with Crippen LogP contribution in [0.3, 0.4) is 0 Å². The van der Waals surface area contributed by atoms with E-state index in [0.29, 0.717) is 44.8 Å². The smallest absolute Gasteiger partial charge is 0.315 e. The molecule has 236 valence electrons. The summed E-state index contributed by atoms with van der Waals surface area (Å²) >= 11 is 0. The maximum absolute atomic E-state index is 15.0. The molecule has 46 heavy (non-hydrogen) atoms. The molecular weight excluding hydrogens is 602 g/mol. The summed E-state index contributed by atoms with van der Waals surface area (Å²) < 4.78 is 62.0. The van der Waals surface area contributed by atoms with Crippen LogP contribution in [0.1, 0.15) is 34.5 Å². The van der Waals surface area contributed by atoms with E-state index in [9.17, 15) is 22.8 Å². The number of amides is 3. The Labute approximate surface area is 261 Å². The molecule has 0 saturated carbocycles. The predicted octanol–water partition coefficient (Wildman–Crippen LogP) is 6.89. The average Bonchev–Trinajstić information content (AvgIpc) is 3.46. The van der Waals surface area contributed by atoms with Crippen LogP contribution in [0.15, 0.2) is 83.4 Å². The molecule has 0 unspecified atom stereocenters. The van der Waals surface area contributed by atoms with Gasteiger partial charge in [-0.2, -0.15) is 0 Å². The zero-order valence-electron chi connectivity index (χ0n) is 24.5. The summed E-state index contributed by atoms with van der Waals surface area (Å²) in [5.74, 6) is -3.82. The Balaban J connectivity index is 1.24. The summed E-state index contributed by atoms with van der Waals surface area (Å²) in [6.07, 6.45) is 0.827. The number of rotatable bonds is 7. The number of alkyl halides is 2. The largest absolute Gasteiger partial charge is 0.459 e. The van der Waals surface area contributed by atoms with Crippen LogP contribution in [0.4, 0.5) is 28.2 Å². The van der Waals surface area contributed by atoms with Crippen molar-refractivity contribution in [3.63, 3.8) is 0 Å². The first-order chi connectivity index (χ1) is 22.0. The molecule has 0 bridgehead atoms. The number of nitrogens with two attached hydrogens (primary N) is 1. The lowest BCUT2D eigenvalue weighted by atomic mass is 9.95. The van der Waals surface area contributed by atoms with E-state index < -0.39 is 23.6 Å². The molecule has 3 amide bonds. The monoisotopic (exact) mass is 631 g/mol. The summed E-state index contributed by atoms with van der Waals surface area (Å²) in [6.45, 7) is 0.224. The quantitative estimate of drug-likeness (QED) is 0.169. The number of likely N-dealkylation sites (tertiary alicyclic amines) is 1. The van der Waals surface area contributed by atoms with Gasteiger partial charge in [0.05, 0.1) is 6.54 Å². The van der Waals surface area contributed by atoms with Gasteiger partial charge in [0.15, 0.2) is 0 Å². The number of fused-ring (bicyclic) bond motifs is 1. The van der Waals surface area contributed by atoms with Crippen molar-refractivity contribution in [1.82, 2.24) is 20.5 Å². The number of aromatic nitrogens is 1. The minimum absolute atomic E-state index is 0.0176. The number of piperidine rings is 1. The SMILES string of the molecule is Nc1ccc(CNC(=O)NCc2cc3cc(-c4ccc(C(=O)N5CCC(F)(F)CC5)cc4)cc(-c4ccc(F)cc4F)c3o2)cn1. The number of nitrogens with zero attached hydrogens (tertiary/aromatic N) is 2. The fourth-order valence-electron chi connectivity index (χ4n) is 5.35. The molecule has 2 aromatic heterocycles. The highest BCUT2D eigenvalue weighted by molar-refractivity contribution is 5.98. The van der Waals surface area contributed by atoms with Crippen molar-refractivity contribution in [3.8, 4) is 22.3 Å². The molecule has 0 spiro atoms. The number of halogens is 4. The van der Waals surface area contributed by atoms with Crippen molar-refractivity contribution >= 4 is 28.7 Å². The number of nitrogens with one attached hydrogen (secondary N) is 2. The molecule has 1 aliphatic heterocycles. The number of anilines is 1. The van der Waals surface area contributed by atoms with Crippen molar-refractivity contribution in [2.45, 2.75) is 31.9 Å². The van der Waals surface area contributed by atoms with E-state index in [1.165, 1.54) is 11.0 Å². The van der Waals surface area contributed by atoms with E-state index in [0.717, 1.165) is 17.7 Å². The number of urea groups is 1. The Morgan fingerprint density at radius 2 is 1.61 bits per heavy atom. The average molecular weight is 632 g/mol. The van der Waals surface area contributed by atoms with Gasteiger partial charge in [-0.05, 0) is 65.2 Å². The van der Waals surface area contributed by atoms with E-state index in [1.807, 2.05) is 6.07 Å². The van der Waals surface area contributed by atoms with Gasteiger partial charge in [0, 0.05) is 66.8 Å². The van der Waals surface area contributed by atoms with Crippen LogP contribution in [0, 0.1) is 11.6 Å². The van der Waals surface area contributed by atoms with Gasteiger partial charge in [-0.1, -0.05) is 18.2 Å². The molecule has 0 aliphatic carbocycles. The molecule has 3 heterocycles.